The second kappa shape index (κ2) is 12.0. The fourth-order valence-electron chi connectivity index (χ4n) is 3.80. The number of guanidine groups is 1. The highest BCUT2D eigenvalue weighted by Gasteiger charge is 2.25. The highest BCUT2D eigenvalue weighted by molar-refractivity contribution is 14.0. The number of rotatable bonds is 7. The predicted octanol–water partition coefficient (Wildman–Crippen LogP) is 4.88. The molecule has 0 amide bonds. The SMILES string of the molecule is CN=C(NCc1coc(-c2ccc(C)cc2)n1)N1CCC(COCc2ccccc2)C1.I. The van der Waals surface area contributed by atoms with Gasteiger partial charge in [0.05, 0.1) is 25.5 Å². The van der Waals surface area contributed by atoms with E-state index in [-0.39, 0.29) is 24.0 Å². The number of nitrogens with zero attached hydrogens (tertiary/aromatic N) is 3. The Kier molecular flexibility index (Phi) is 9.11. The number of likely N-dealkylation sites (tertiary alicyclic amines) is 1. The van der Waals surface area contributed by atoms with Crippen LogP contribution in [0, 0.1) is 12.8 Å². The first-order chi connectivity index (χ1) is 15.2. The van der Waals surface area contributed by atoms with E-state index in [0.29, 0.717) is 25.0 Å². The summed E-state index contributed by atoms with van der Waals surface area (Å²) in [5.41, 5.74) is 4.28. The van der Waals surface area contributed by atoms with Crippen LogP contribution in [0.5, 0.6) is 0 Å². The fraction of sp³-hybridized carbons (Fsp3) is 0.360. The molecule has 6 nitrogen and oxygen atoms in total. The number of aliphatic imine (C=N–C) groups is 1. The number of benzene rings is 2. The van der Waals surface area contributed by atoms with E-state index in [0.717, 1.165) is 43.3 Å². The van der Waals surface area contributed by atoms with E-state index in [4.69, 9.17) is 9.15 Å². The summed E-state index contributed by atoms with van der Waals surface area (Å²) in [7, 11) is 1.82. The van der Waals surface area contributed by atoms with Gasteiger partial charge in [0.1, 0.15) is 6.26 Å². The van der Waals surface area contributed by atoms with Crippen LogP contribution in [0.1, 0.15) is 23.2 Å². The molecule has 1 atom stereocenters. The van der Waals surface area contributed by atoms with Crippen molar-refractivity contribution in [2.24, 2.45) is 10.9 Å². The first-order valence-corrected chi connectivity index (χ1v) is 10.8. The third kappa shape index (κ3) is 6.56. The van der Waals surface area contributed by atoms with Crippen molar-refractivity contribution in [1.82, 2.24) is 15.2 Å². The number of aryl methyl sites for hydroxylation is 1. The van der Waals surface area contributed by atoms with Gasteiger partial charge in [0.15, 0.2) is 5.96 Å². The van der Waals surface area contributed by atoms with Crippen LogP contribution in [0.15, 0.2) is 70.3 Å². The highest BCUT2D eigenvalue weighted by Crippen LogP contribution is 2.20. The van der Waals surface area contributed by atoms with Gasteiger partial charge >= 0.3 is 0 Å². The van der Waals surface area contributed by atoms with Gasteiger partial charge in [-0.05, 0) is 31.0 Å². The third-order valence-electron chi connectivity index (χ3n) is 5.54. The van der Waals surface area contributed by atoms with Crippen molar-refractivity contribution in [3.8, 4) is 11.5 Å². The molecule has 1 aromatic heterocycles. The lowest BCUT2D eigenvalue weighted by atomic mass is 10.1. The fourth-order valence-corrected chi connectivity index (χ4v) is 3.80. The summed E-state index contributed by atoms with van der Waals surface area (Å²) in [5.74, 6) is 2.05. The molecule has 2 heterocycles. The average Bonchev–Trinajstić information content (AvgIpc) is 3.46. The third-order valence-corrected chi connectivity index (χ3v) is 5.54. The van der Waals surface area contributed by atoms with E-state index >= 15 is 0 Å². The zero-order chi connectivity index (χ0) is 21.5. The van der Waals surface area contributed by atoms with Crippen LogP contribution in [0.4, 0.5) is 0 Å². The van der Waals surface area contributed by atoms with Crippen LogP contribution in [0.25, 0.3) is 11.5 Å². The van der Waals surface area contributed by atoms with E-state index in [9.17, 15) is 0 Å². The number of hydrogen-bond donors (Lipinski definition) is 1. The number of nitrogens with one attached hydrogen (secondary N) is 1. The summed E-state index contributed by atoms with van der Waals surface area (Å²) in [5, 5.41) is 3.42. The van der Waals surface area contributed by atoms with Gasteiger partial charge in [-0.15, -0.1) is 24.0 Å². The molecule has 0 aliphatic carbocycles. The lowest BCUT2D eigenvalue weighted by Crippen LogP contribution is -2.39. The number of hydrogen-bond acceptors (Lipinski definition) is 4. The number of aromatic nitrogens is 1. The van der Waals surface area contributed by atoms with E-state index in [1.165, 1.54) is 11.1 Å². The summed E-state index contributed by atoms with van der Waals surface area (Å²) < 4.78 is 11.6. The van der Waals surface area contributed by atoms with Crippen LogP contribution in [-0.4, -0.2) is 42.6 Å². The molecular formula is C25H31IN4O2. The van der Waals surface area contributed by atoms with Crippen molar-refractivity contribution in [3.05, 3.63) is 77.7 Å². The van der Waals surface area contributed by atoms with E-state index in [1.54, 1.807) is 6.26 Å². The van der Waals surface area contributed by atoms with E-state index in [2.05, 4.69) is 51.4 Å². The van der Waals surface area contributed by atoms with Crippen LogP contribution in [-0.2, 0) is 17.9 Å². The standard InChI is InChI=1S/C25H30N4O2.HI/c1-19-8-10-22(11-9-19)24-28-23(18-31-24)14-27-25(26-2)29-13-12-21(15-29)17-30-16-20-6-4-3-5-7-20;/h3-11,18,21H,12-17H2,1-2H3,(H,26,27);1H. The highest BCUT2D eigenvalue weighted by atomic mass is 127. The van der Waals surface area contributed by atoms with Gasteiger partial charge in [-0.3, -0.25) is 4.99 Å². The van der Waals surface area contributed by atoms with Gasteiger partial charge < -0.3 is 19.4 Å². The van der Waals surface area contributed by atoms with E-state index < -0.39 is 0 Å². The maximum absolute atomic E-state index is 5.94. The molecule has 1 fully saturated rings. The van der Waals surface area contributed by atoms with E-state index in [1.807, 2.05) is 37.4 Å². The number of oxazole rings is 1. The Hall–Kier alpha value is -2.39. The van der Waals surface area contributed by atoms with Crippen LogP contribution in [0.2, 0.25) is 0 Å². The lowest BCUT2D eigenvalue weighted by Gasteiger charge is -2.21. The minimum atomic E-state index is 0. The van der Waals surface area contributed by atoms with Crippen molar-refractivity contribution in [2.45, 2.75) is 26.5 Å². The Balaban J connectivity index is 0.00000289. The van der Waals surface area contributed by atoms with Gasteiger partial charge in [0.25, 0.3) is 0 Å². The summed E-state index contributed by atoms with van der Waals surface area (Å²) in [4.78, 5) is 11.3. The molecule has 0 bridgehead atoms. The van der Waals surface area contributed by atoms with Gasteiger partial charge in [-0.1, -0.05) is 48.0 Å². The largest absolute Gasteiger partial charge is 0.444 e. The quantitative estimate of drug-likeness (QED) is 0.260. The zero-order valence-electron chi connectivity index (χ0n) is 18.7. The molecule has 1 saturated heterocycles. The van der Waals surface area contributed by atoms with Crippen molar-refractivity contribution < 1.29 is 9.15 Å². The predicted molar refractivity (Wildman–Crippen MR) is 138 cm³/mol. The Bertz CT molecular complexity index is 989. The molecule has 0 spiro atoms. The van der Waals surface area contributed by atoms with Crippen molar-refractivity contribution in [1.29, 1.82) is 0 Å². The van der Waals surface area contributed by atoms with Crippen molar-refractivity contribution >= 4 is 29.9 Å². The first-order valence-electron chi connectivity index (χ1n) is 10.8. The Morgan fingerprint density at radius 2 is 1.97 bits per heavy atom. The maximum Gasteiger partial charge on any atom is 0.226 e. The van der Waals surface area contributed by atoms with Crippen LogP contribution in [0.3, 0.4) is 0 Å². The van der Waals surface area contributed by atoms with Gasteiger partial charge in [0.2, 0.25) is 5.89 Å². The average molecular weight is 546 g/mol. The summed E-state index contributed by atoms with van der Waals surface area (Å²) in [6.45, 7) is 6.01. The maximum atomic E-state index is 5.94. The monoisotopic (exact) mass is 546 g/mol. The Morgan fingerprint density at radius 1 is 1.19 bits per heavy atom. The van der Waals surface area contributed by atoms with Crippen molar-refractivity contribution in [2.75, 3.05) is 26.7 Å². The summed E-state index contributed by atoms with van der Waals surface area (Å²) >= 11 is 0. The molecule has 1 aliphatic rings. The molecule has 4 rings (SSSR count). The molecular weight excluding hydrogens is 515 g/mol. The normalized spacial score (nSPS) is 16.1. The molecule has 1 aliphatic heterocycles. The molecule has 2 aromatic carbocycles. The topological polar surface area (TPSA) is 62.9 Å². The lowest BCUT2D eigenvalue weighted by molar-refractivity contribution is 0.0906. The molecule has 0 saturated carbocycles. The van der Waals surface area contributed by atoms with Gasteiger partial charge in [-0.25, -0.2) is 4.98 Å². The summed E-state index contributed by atoms with van der Waals surface area (Å²) in [6, 6.07) is 18.5. The Labute approximate surface area is 207 Å². The second-order valence-electron chi connectivity index (χ2n) is 8.01. The smallest absolute Gasteiger partial charge is 0.226 e. The number of halogens is 1. The van der Waals surface area contributed by atoms with Crippen LogP contribution >= 0.6 is 24.0 Å². The molecule has 0 radical (unpaired) electrons. The molecule has 170 valence electrons. The molecule has 32 heavy (non-hydrogen) atoms. The Morgan fingerprint density at radius 3 is 2.72 bits per heavy atom. The van der Waals surface area contributed by atoms with Crippen molar-refractivity contribution in [3.63, 3.8) is 0 Å². The first kappa shape index (κ1) is 24.3. The summed E-state index contributed by atoms with van der Waals surface area (Å²) in [6.07, 6.45) is 2.82. The molecule has 1 unspecified atom stereocenters. The minimum absolute atomic E-state index is 0. The molecule has 7 heteroatoms. The second-order valence-corrected chi connectivity index (χ2v) is 8.01. The molecule has 3 aromatic rings. The zero-order valence-corrected chi connectivity index (χ0v) is 21.0. The van der Waals surface area contributed by atoms with Gasteiger partial charge in [-0.2, -0.15) is 0 Å². The number of ether oxygens (including phenoxy) is 1. The minimum Gasteiger partial charge on any atom is -0.444 e. The van der Waals surface area contributed by atoms with Gasteiger partial charge in [0, 0.05) is 31.6 Å². The molecule has 1 N–H and O–H groups in total. The van der Waals surface area contributed by atoms with Crippen LogP contribution < -0.4 is 5.32 Å².